The van der Waals surface area contributed by atoms with Crippen molar-refractivity contribution >= 4 is 22.7 Å². The molecule has 0 amide bonds. The van der Waals surface area contributed by atoms with E-state index in [0.29, 0.717) is 22.9 Å². The SMILES string of the molecule is CC[C@H](CO)n1c(SCC(C)C)nc2ccccc2c1=O. The highest BCUT2D eigenvalue weighted by atomic mass is 32.2. The molecule has 1 N–H and O–H groups in total. The van der Waals surface area contributed by atoms with E-state index in [4.69, 9.17) is 0 Å². The molecule has 0 aliphatic heterocycles. The van der Waals surface area contributed by atoms with E-state index in [1.165, 1.54) is 0 Å². The second-order valence-corrected chi connectivity index (χ2v) is 6.52. The number of fused-ring (bicyclic) bond motifs is 1. The molecule has 1 aromatic carbocycles. The summed E-state index contributed by atoms with van der Waals surface area (Å²) >= 11 is 1.58. The zero-order chi connectivity index (χ0) is 15.4. The summed E-state index contributed by atoms with van der Waals surface area (Å²) in [4.78, 5) is 17.4. The highest BCUT2D eigenvalue weighted by molar-refractivity contribution is 7.99. The maximum Gasteiger partial charge on any atom is 0.262 e. The van der Waals surface area contributed by atoms with Gasteiger partial charge in [0.05, 0.1) is 23.6 Å². The van der Waals surface area contributed by atoms with Gasteiger partial charge in [0.15, 0.2) is 5.16 Å². The number of para-hydroxylation sites is 1. The first-order valence-corrected chi connectivity index (χ1v) is 8.32. The first kappa shape index (κ1) is 16.0. The van der Waals surface area contributed by atoms with Crippen molar-refractivity contribution in [2.45, 2.75) is 38.4 Å². The van der Waals surface area contributed by atoms with Gasteiger partial charge in [-0.3, -0.25) is 9.36 Å². The number of aliphatic hydroxyl groups excluding tert-OH is 1. The third kappa shape index (κ3) is 3.47. The average Bonchev–Trinajstić information content (AvgIpc) is 2.48. The Bertz CT molecular complexity index is 663. The average molecular weight is 306 g/mol. The van der Waals surface area contributed by atoms with Crippen molar-refractivity contribution in [3.05, 3.63) is 34.6 Å². The van der Waals surface area contributed by atoms with Crippen LogP contribution in [0.3, 0.4) is 0 Å². The van der Waals surface area contributed by atoms with Crippen molar-refractivity contribution in [3.8, 4) is 0 Å². The third-order valence-corrected chi connectivity index (χ3v) is 4.75. The molecule has 4 nitrogen and oxygen atoms in total. The Morgan fingerprint density at radius 2 is 2.05 bits per heavy atom. The number of aliphatic hydroxyl groups is 1. The second kappa shape index (κ2) is 7.09. The molecule has 2 aromatic rings. The number of thioether (sulfide) groups is 1. The van der Waals surface area contributed by atoms with Crippen LogP contribution in [0.4, 0.5) is 0 Å². The van der Waals surface area contributed by atoms with Crippen LogP contribution in [0.5, 0.6) is 0 Å². The van der Waals surface area contributed by atoms with Gasteiger partial charge in [-0.15, -0.1) is 0 Å². The molecule has 0 saturated carbocycles. The van der Waals surface area contributed by atoms with Gasteiger partial charge < -0.3 is 5.11 Å². The van der Waals surface area contributed by atoms with Crippen molar-refractivity contribution in [1.29, 1.82) is 0 Å². The van der Waals surface area contributed by atoms with Crippen LogP contribution < -0.4 is 5.56 Å². The van der Waals surface area contributed by atoms with Crippen LogP contribution in [0.1, 0.15) is 33.2 Å². The Balaban J connectivity index is 2.62. The molecule has 0 saturated heterocycles. The Hall–Kier alpha value is -1.33. The molecular weight excluding hydrogens is 284 g/mol. The first-order valence-electron chi connectivity index (χ1n) is 7.33. The molecule has 1 heterocycles. The maximum atomic E-state index is 12.8. The van der Waals surface area contributed by atoms with Crippen LogP contribution >= 0.6 is 11.8 Å². The van der Waals surface area contributed by atoms with Crippen molar-refractivity contribution in [2.24, 2.45) is 5.92 Å². The lowest BCUT2D eigenvalue weighted by atomic mass is 10.2. The zero-order valence-electron chi connectivity index (χ0n) is 12.7. The van der Waals surface area contributed by atoms with E-state index in [-0.39, 0.29) is 18.2 Å². The van der Waals surface area contributed by atoms with Crippen molar-refractivity contribution in [3.63, 3.8) is 0 Å². The number of rotatable bonds is 6. The monoisotopic (exact) mass is 306 g/mol. The van der Waals surface area contributed by atoms with Gasteiger partial charge in [-0.1, -0.05) is 44.7 Å². The lowest BCUT2D eigenvalue weighted by molar-refractivity contribution is 0.213. The van der Waals surface area contributed by atoms with Crippen LogP contribution in [0, 0.1) is 5.92 Å². The summed E-state index contributed by atoms with van der Waals surface area (Å²) in [5.41, 5.74) is 0.658. The van der Waals surface area contributed by atoms with Gasteiger partial charge in [0, 0.05) is 5.75 Å². The minimum Gasteiger partial charge on any atom is -0.394 e. The Morgan fingerprint density at radius 1 is 1.33 bits per heavy atom. The summed E-state index contributed by atoms with van der Waals surface area (Å²) in [5.74, 6) is 1.41. The maximum absolute atomic E-state index is 12.8. The zero-order valence-corrected chi connectivity index (χ0v) is 13.6. The number of hydrogen-bond donors (Lipinski definition) is 1. The molecule has 0 aliphatic carbocycles. The lowest BCUT2D eigenvalue weighted by Gasteiger charge is -2.20. The van der Waals surface area contributed by atoms with Gasteiger partial charge in [-0.05, 0) is 24.5 Å². The van der Waals surface area contributed by atoms with Gasteiger partial charge in [-0.25, -0.2) is 4.98 Å². The molecule has 0 fully saturated rings. The highest BCUT2D eigenvalue weighted by Crippen LogP contribution is 2.23. The largest absolute Gasteiger partial charge is 0.394 e. The van der Waals surface area contributed by atoms with Crippen molar-refractivity contribution in [1.82, 2.24) is 9.55 Å². The van der Waals surface area contributed by atoms with Gasteiger partial charge >= 0.3 is 0 Å². The summed E-state index contributed by atoms with van der Waals surface area (Å²) in [5, 5.41) is 10.9. The summed E-state index contributed by atoms with van der Waals surface area (Å²) in [6.07, 6.45) is 0.700. The van der Waals surface area contributed by atoms with E-state index in [1.807, 2.05) is 25.1 Å². The van der Waals surface area contributed by atoms with Gasteiger partial charge in [0.25, 0.3) is 5.56 Å². The fourth-order valence-corrected chi connectivity index (χ4v) is 3.20. The van der Waals surface area contributed by atoms with Crippen LogP contribution in [0.25, 0.3) is 10.9 Å². The van der Waals surface area contributed by atoms with Crippen molar-refractivity contribution in [2.75, 3.05) is 12.4 Å². The van der Waals surface area contributed by atoms with Crippen LogP contribution in [0.15, 0.2) is 34.2 Å². The minimum absolute atomic E-state index is 0.0499. The molecule has 0 bridgehead atoms. The fourth-order valence-electron chi connectivity index (χ4n) is 2.18. The molecule has 1 atom stereocenters. The van der Waals surface area contributed by atoms with E-state index in [9.17, 15) is 9.90 Å². The van der Waals surface area contributed by atoms with Crippen LogP contribution in [-0.2, 0) is 0 Å². The first-order chi connectivity index (χ1) is 10.1. The number of aromatic nitrogens is 2. The molecule has 21 heavy (non-hydrogen) atoms. The lowest BCUT2D eigenvalue weighted by Crippen LogP contribution is -2.29. The van der Waals surface area contributed by atoms with E-state index >= 15 is 0 Å². The quantitative estimate of drug-likeness (QED) is 0.658. The summed E-state index contributed by atoms with van der Waals surface area (Å²) in [7, 11) is 0. The second-order valence-electron chi connectivity index (χ2n) is 5.54. The Morgan fingerprint density at radius 3 is 2.67 bits per heavy atom. The standard InChI is InChI=1S/C16H22N2O2S/c1-4-12(9-19)18-15(20)13-7-5-6-8-14(13)17-16(18)21-10-11(2)3/h5-8,11-12,19H,4,9-10H2,1-3H3/t12-/m1/s1. The molecule has 2 rings (SSSR count). The Labute approximate surface area is 129 Å². The Kier molecular flexibility index (Phi) is 5.42. The highest BCUT2D eigenvalue weighted by Gasteiger charge is 2.18. The molecular formula is C16H22N2O2S. The predicted molar refractivity (Wildman–Crippen MR) is 88.0 cm³/mol. The van der Waals surface area contributed by atoms with Crippen LogP contribution in [0.2, 0.25) is 0 Å². The van der Waals surface area contributed by atoms with E-state index in [2.05, 4.69) is 18.8 Å². The molecule has 0 spiro atoms. The molecule has 0 radical (unpaired) electrons. The summed E-state index contributed by atoms with van der Waals surface area (Å²) in [6.45, 7) is 6.20. The minimum atomic E-state index is -0.218. The topological polar surface area (TPSA) is 55.1 Å². The number of nitrogens with zero attached hydrogens (tertiary/aromatic N) is 2. The van der Waals surface area contributed by atoms with Crippen molar-refractivity contribution < 1.29 is 5.11 Å². The van der Waals surface area contributed by atoms with E-state index < -0.39 is 0 Å². The molecule has 0 unspecified atom stereocenters. The molecule has 114 valence electrons. The summed E-state index contributed by atoms with van der Waals surface area (Å²) in [6, 6.07) is 7.17. The van der Waals surface area contributed by atoms with Gasteiger partial charge in [0.1, 0.15) is 0 Å². The van der Waals surface area contributed by atoms with E-state index in [0.717, 1.165) is 11.3 Å². The van der Waals surface area contributed by atoms with Gasteiger partial charge in [-0.2, -0.15) is 0 Å². The number of benzene rings is 1. The molecule has 5 heteroatoms. The molecule has 0 aliphatic rings. The van der Waals surface area contributed by atoms with Crippen LogP contribution in [-0.4, -0.2) is 27.0 Å². The molecule has 1 aromatic heterocycles. The summed E-state index contributed by atoms with van der Waals surface area (Å²) < 4.78 is 1.66. The fraction of sp³-hybridized carbons (Fsp3) is 0.500. The third-order valence-electron chi connectivity index (χ3n) is 3.37. The van der Waals surface area contributed by atoms with Gasteiger partial charge in [0.2, 0.25) is 0 Å². The number of hydrogen-bond acceptors (Lipinski definition) is 4. The predicted octanol–water partition coefficient (Wildman–Crippen LogP) is 3.09. The smallest absolute Gasteiger partial charge is 0.262 e. The normalized spacial score (nSPS) is 13.0. The van der Waals surface area contributed by atoms with E-state index in [1.54, 1.807) is 22.4 Å².